The van der Waals surface area contributed by atoms with Crippen LogP contribution in [0.2, 0.25) is 0 Å². The lowest BCUT2D eigenvalue weighted by Gasteiger charge is -2.18. The molecule has 1 aromatic rings. The topological polar surface area (TPSA) is 83.5 Å². The summed E-state index contributed by atoms with van der Waals surface area (Å²) >= 11 is 0. The Kier molecular flexibility index (Phi) is 6.98. The van der Waals surface area contributed by atoms with Gasteiger partial charge in [-0.15, -0.1) is 0 Å². The predicted molar refractivity (Wildman–Crippen MR) is 67.4 cm³/mol. The van der Waals surface area contributed by atoms with E-state index in [1.54, 1.807) is 38.1 Å². The van der Waals surface area contributed by atoms with Gasteiger partial charge in [0.1, 0.15) is 5.75 Å². The number of amides is 1. The molecule has 0 heterocycles. The molecule has 0 aliphatic rings. The van der Waals surface area contributed by atoms with Crippen molar-refractivity contribution in [1.82, 2.24) is 0 Å². The molecule has 0 aliphatic heterocycles. The van der Waals surface area contributed by atoms with E-state index in [0.717, 1.165) is 0 Å². The Morgan fingerprint density at radius 2 is 1.82 bits per heavy atom. The van der Waals surface area contributed by atoms with Gasteiger partial charge in [-0.3, -0.25) is 4.79 Å². The first kappa shape index (κ1) is 15.4. The molecule has 0 aliphatic carbocycles. The summed E-state index contributed by atoms with van der Waals surface area (Å²) in [6.07, 6.45) is 1.29. The van der Waals surface area contributed by atoms with Crippen molar-refractivity contribution in [3.8, 4) is 5.75 Å². The largest absolute Gasteiger partial charge is 0.508 e. The molecule has 96 valence electrons. The molecule has 1 amide bonds. The average Bonchev–Trinajstić information content (AvgIpc) is 2.28. The molecule has 0 aromatic heterocycles. The average molecular weight is 239 g/mol. The van der Waals surface area contributed by atoms with Gasteiger partial charge in [0.2, 0.25) is 5.91 Å². The SMILES string of the molecule is CC(C)(CCCO)C(N)=O.Oc1ccccc1. The van der Waals surface area contributed by atoms with E-state index in [4.69, 9.17) is 15.9 Å². The van der Waals surface area contributed by atoms with Crippen molar-refractivity contribution in [2.24, 2.45) is 11.1 Å². The third kappa shape index (κ3) is 7.36. The minimum absolute atomic E-state index is 0.122. The van der Waals surface area contributed by atoms with Gasteiger partial charge >= 0.3 is 0 Å². The number of phenols is 1. The van der Waals surface area contributed by atoms with Crippen molar-refractivity contribution in [3.63, 3.8) is 0 Å². The summed E-state index contributed by atoms with van der Waals surface area (Å²) in [5, 5.41) is 17.1. The van der Waals surface area contributed by atoms with E-state index in [1.807, 2.05) is 6.07 Å². The van der Waals surface area contributed by atoms with E-state index >= 15 is 0 Å². The van der Waals surface area contributed by atoms with Gasteiger partial charge in [-0.1, -0.05) is 32.0 Å². The zero-order valence-corrected chi connectivity index (χ0v) is 10.4. The third-order valence-corrected chi connectivity index (χ3v) is 2.38. The Bertz CT molecular complexity index is 323. The van der Waals surface area contributed by atoms with Crippen molar-refractivity contribution in [2.75, 3.05) is 6.61 Å². The van der Waals surface area contributed by atoms with Crippen LogP contribution in [0.1, 0.15) is 26.7 Å². The lowest BCUT2D eigenvalue weighted by molar-refractivity contribution is -0.126. The van der Waals surface area contributed by atoms with E-state index in [9.17, 15) is 4.79 Å². The van der Waals surface area contributed by atoms with Crippen LogP contribution >= 0.6 is 0 Å². The Morgan fingerprint density at radius 1 is 1.29 bits per heavy atom. The number of primary amides is 1. The number of aliphatic hydroxyl groups is 1. The fourth-order valence-corrected chi connectivity index (χ4v) is 1.07. The standard InChI is InChI=1S/C7H15NO2.C6H6O/c1-7(2,6(8)10)4-3-5-9;7-6-4-2-1-3-5-6/h9H,3-5H2,1-2H3,(H2,8,10);1-5,7H. The van der Waals surface area contributed by atoms with Crippen LogP contribution in [-0.2, 0) is 4.79 Å². The number of nitrogens with two attached hydrogens (primary N) is 1. The summed E-state index contributed by atoms with van der Waals surface area (Å²) in [6.45, 7) is 3.69. The highest BCUT2D eigenvalue weighted by Crippen LogP contribution is 2.20. The minimum atomic E-state index is -0.470. The monoisotopic (exact) mass is 239 g/mol. The van der Waals surface area contributed by atoms with Crippen molar-refractivity contribution in [3.05, 3.63) is 30.3 Å². The summed E-state index contributed by atoms with van der Waals surface area (Å²) in [6, 6.07) is 8.71. The number of aromatic hydroxyl groups is 1. The van der Waals surface area contributed by atoms with E-state index in [-0.39, 0.29) is 12.5 Å². The van der Waals surface area contributed by atoms with E-state index < -0.39 is 5.41 Å². The molecule has 0 fully saturated rings. The van der Waals surface area contributed by atoms with Crippen molar-refractivity contribution in [1.29, 1.82) is 0 Å². The lowest BCUT2D eigenvalue weighted by Crippen LogP contribution is -2.31. The molecule has 0 bridgehead atoms. The summed E-state index contributed by atoms with van der Waals surface area (Å²) < 4.78 is 0. The molecule has 0 saturated heterocycles. The fourth-order valence-electron chi connectivity index (χ4n) is 1.07. The third-order valence-electron chi connectivity index (χ3n) is 2.38. The van der Waals surface area contributed by atoms with Gasteiger partial charge in [0, 0.05) is 12.0 Å². The Hall–Kier alpha value is -1.55. The predicted octanol–water partition coefficient (Wildman–Crippen LogP) is 1.66. The first-order chi connectivity index (χ1) is 7.90. The number of aliphatic hydroxyl groups excluding tert-OH is 1. The summed E-state index contributed by atoms with van der Waals surface area (Å²) in [4.78, 5) is 10.7. The highest BCUT2D eigenvalue weighted by atomic mass is 16.3. The van der Waals surface area contributed by atoms with Gasteiger partial charge in [0.25, 0.3) is 0 Å². The molecule has 1 aromatic carbocycles. The first-order valence-electron chi connectivity index (χ1n) is 5.55. The second-order valence-corrected chi connectivity index (χ2v) is 4.41. The normalized spacial score (nSPS) is 10.3. The number of benzene rings is 1. The molecule has 0 unspecified atom stereocenters. The Labute approximate surface area is 102 Å². The summed E-state index contributed by atoms with van der Waals surface area (Å²) in [5.74, 6) is 0.0171. The van der Waals surface area contributed by atoms with Crippen LogP contribution in [0, 0.1) is 5.41 Å². The number of hydrogen-bond donors (Lipinski definition) is 3. The van der Waals surface area contributed by atoms with Crippen LogP contribution in [0.5, 0.6) is 5.75 Å². The van der Waals surface area contributed by atoms with Gasteiger partial charge in [-0.05, 0) is 25.0 Å². The zero-order valence-electron chi connectivity index (χ0n) is 10.4. The lowest BCUT2D eigenvalue weighted by atomic mass is 9.87. The summed E-state index contributed by atoms with van der Waals surface area (Å²) in [7, 11) is 0. The highest BCUT2D eigenvalue weighted by molar-refractivity contribution is 5.79. The number of phenolic OH excluding ortho intramolecular Hbond substituents is 1. The van der Waals surface area contributed by atoms with Gasteiger partial charge < -0.3 is 15.9 Å². The first-order valence-corrected chi connectivity index (χ1v) is 5.55. The highest BCUT2D eigenvalue weighted by Gasteiger charge is 2.23. The zero-order chi connectivity index (χ0) is 13.3. The molecule has 17 heavy (non-hydrogen) atoms. The van der Waals surface area contributed by atoms with Crippen LogP contribution in [0.3, 0.4) is 0 Å². The quantitative estimate of drug-likeness (QED) is 0.747. The maximum Gasteiger partial charge on any atom is 0.223 e. The molecule has 0 radical (unpaired) electrons. The molecule has 4 heteroatoms. The van der Waals surface area contributed by atoms with Gasteiger partial charge in [-0.25, -0.2) is 0 Å². The Balaban J connectivity index is 0.000000318. The van der Waals surface area contributed by atoms with Crippen LogP contribution in [0.25, 0.3) is 0 Å². The second-order valence-electron chi connectivity index (χ2n) is 4.41. The molecular formula is C13H21NO3. The number of hydrogen-bond acceptors (Lipinski definition) is 3. The second kappa shape index (κ2) is 7.68. The smallest absolute Gasteiger partial charge is 0.223 e. The minimum Gasteiger partial charge on any atom is -0.508 e. The maximum atomic E-state index is 10.7. The molecular weight excluding hydrogens is 218 g/mol. The molecule has 0 saturated carbocycles. The van der Waals surface area contributed by atoms with E-state index in [0.29, 0.717) is 18.6 Å². The number of carbonyl (C=O) groups excluding carboxylic acids is 1. The molecule has 4 N–H and O–H groups in total. The Morgan fingerprint density at radius 3 is 2.12 bits per heavy atom. The van der Waals surface area contributed by atoms with Crippen molar-refractivity contribution < 1.29 is 15.0 Å². The molecule has 1 rings (SSSR count). The van der Waals surface area contributed by atoms with Crippen LogP contribution < -0.4 is 5.73 Å². The van der Waals surface area contributed by atoms with Gasteiger partial charge in [-0.2, -0.15) is 0 Å². The number of rotatable bonds is 4. The van der Waals surface area contributed by atoms with Gasteiger partial charge in [0.05, 0.1) is 0 Å². The van der Waals surface area contributed by atoms with E-state index in [2.05, 4.69) is 0 Å². The number of carbonyl (C=O) groups is 1. The van der Waals surface area contributed by atoms with Crippen LogP contribution in [0.4, 0.5) is 0 Å². The van der Waals surface area contributed by atoms with E-state index in [1.165, 1.54) is 0 Å². The van der Waals surface area contributed by atoms with Crippen molar-refractivity contribution in [2.45, 2.75) is 26.7 Å². The molecule has 0 atom stereocenters. The van der Waals surface area contributed by atoms with Crippen LogP contribution in [-0.4, -0.2) is 22.7 Å². The number of para-hydroxylation sites is 1. The van der Waals surface area contributed by atoms with Crippen molar-refractivity contribution >= 4 is 5.91 Å². The summed E-state index contributed by atoms with van der Waals surface area (Å²) in [5.41, 5.74) is 4.62. The van der Waals surface area contributed by atoms with Gasteiger partial charge in [0.15, 0.2) is 0 Å². The maximum absolute atomic E-state index is 10.7. The fraction of sp³-hybridized carbons (Fsp3) is 0.462. The molecule has 4 nitrogen and oxygen atoms in total. The van der Waals surface area contributed by atoms with Crippen LogP contribution in [0.15, 0.2) is 30.3 Å². The molecule has 0 spiro atoms.